The van der Waals surface area contributed by atoms with Gasteiger partial charge in [-0.3, -0.25) is 4.79 Å². The molecule has 0 radical (unpaired) electrons. The van der Waals surface area contributed by atoms with Gasteiger partial charge in [0.25, 0.3) is 5.91 Å². The Morgan fingerprint density at radius 3 is 2.89 bits per heavy atom. The van der Waals surface area contributed by atoms with Crippen molar-refractivity contribution >= 4 is 52.0 Å². The number of rotatable bonds is 4. The summed E-state index contributed by atoms with van der Waals surface area (Å²) in [6.45, 7) is 0.801. The van der Waals surface area contributed by atoms with Crippen LogP contribution >= 0.6 is 46.1 Å². The maximum atomic E-state index is 12.4. The highest BCUT2D eigenvalue weighted by molar-refractivity contribution is 7.20. The lowest BCUT2D eigenvalue weighted by atomic mass is 10.1. The first-order valence-electron chi connectivity index (χ1n) is 5.95. The van der Waals surface area contributed by atoms with Gasteiger partial charge in [0.2, 0.25) is 0 Å². The first kappa shape index (κ1) is 14.4. The van der Waals surface area contributed by atoms with Crippen molar-refractivity contribution in [3.05, 3.63) is 20.3 Å². The Kier molecular flexibility index (Phi) is 5.19. The lowest BCUT2D eigenvalue weighted by Crippen LogP contribution is -2.35. The van der Waals surface area contributed by atoms with Crippen LogP contribution in [-0.4, -0.2) is 29.3 Å². The zero-order chi connectivity index (χ0) is 13.1. The third-order valence-corrected chi connectivity index (χ3v) is 4.95. The smallest absolute Gasteiger partial charge is 0.256 e. The van der Waals surface area contributed by atoms with Gasteiger partial charge < -0.3 is 4.90 Å². The molecule has 1 saturated heterocycles. The Balaban J connectivity index is 2.10. The lowest BCUT2D eigenvalue weighted by molar-refractivity contribution is 0.0731. The predicted molar refractivity (Wildman–Crippen MR) is 78.4 cm³/mol. The van der Waals surface area contributed by atoms with E-state index in [2.05, 4.69) is 0 Å². The standard InChI is InChI=1S/C12H14Cl3NOS/c13-5-1-3-8-4-2-6-16(8)12(17)9-7-10(14)18-11(9)15/h7-8H,1-6H2. The van der Waals surface area contributed by atoms with E-state index in [1.807, 2.05) is 4.90 Å². The zero-order valence-corrected chi connectivity index (χ0v) is 12.9. The van der Waals surface area contributed by atoms with Gasteiger partial charge in [0, 0.05) is 18.5 Å². The molecule has 0 bridgehead atoms. The van der Waals surface area contributed by atoms with E-state index in [0.717, 1.165) is 32.2 Å². The maximum absolute atomic E-state index is 12.4. The molecular formula is C12H14Cl3NOS. The Labute approximate surface area is 126 Å². The number of carbonyl (C=O) groups excluding carboxylic acids is 1. The Bertz CT molecular complexity index is 435. The Morgan fingerprint density at radius 2 is 2.28 bits per heavy atom. The highest BCUT2D eigenvalue weighted by Gasteiger charge is 2.30. The zero-order valence-electron chi connectivity index (χ0n) is 9.79. The van der Waals surface area contributed by atoms with Crippen LogP contribution in [0.5, 0.6) is 0 Å². The summed E-state index contributed by atoms with van der Waals surface area (Å²) < 4.78 is 1.04. The first-order valence-corrected chi connectivity index (χ1v) is 8.06. The number of likely N-dealkylation sites (tertiary alicyclic amines) is 1. The predicted octanol–water partition coefficient (Wildman–Crippen LogP) is 4.68. The number of carbonyl (C=O) groups is 1. The van der Waals surface area contributed by atoms with Gasteiger partial charge in [-0.2, -0.15) is 0 Å². The number of halogens is 3. The van der Waals surface area contributed by atoms with Crippen molar-refractivity contribution in [1.82, 2.24) is 4.90 Å². The third-order valence-electron chi connectivity index (χ3n) is 3.20. The van der Waals surface area contributed by atoms with Crippen LogP contribution in [0.2, 0.25) is 8.67 Å². The van der Waals surface area contributed by atoms with Crippen LogP contribution in [0, 0.1) is 0 Å². The van der Waals surface area contributed by atoms with E-state index >= 15 is 0 Å². The molecule has 0 spiro atoms. The van der Waals surface area contributed by atoms with Gasteiger partial charge in [0.15, 0.2) is 0 Å². The van der Waals surface area contributed by atoms with Crippen LogP contribution in [0.4, 0.5) is 0 Å². The number of alkyl halides is 1. The molecule has 0 aromatic carbocycles. The van der Waals surface area contributed by atoms with Gasteiger partial charge in [0.1, 0.15) is 4.34 Å². The molecule has 0 aliphatic carbocycles. The fourth-order valence-corrected chi connectivity index (χ4v) is 3.96. The minimum absolute atomic E-state index is 0.000206. The van der Waals surface area contributed by atoms with Crippen molar-refractivity contribution in [2.45, 2.75) is 31.7 Å². The molecule has 2 nitrogen and oxygen atoms in total. The van der Waals surface area contributed by atoms with Crippen molar-refractivity contribution in [2.24, 2.45) is 0 Å². The summed E-state index contributed by atoms with van der Waals surface area (Å²) in [7, 11) is 0. The van der Waals surface area contributed by atoms with Crippen LogP contribution < -0.4 is 0 Å². The molecule has 1 aliphatic heterocycles. The van der Waals surface area contributed by atoms with Gasteiger partial charge in [-0.1, -0.05) is 23.2 Å². The normalized spacial score (nSPS) is 19.5. The minimum Gasteiger partial charge on any atom is -0.336 e. The quantitative estimate of drug-likeness (QED) is 0.736. The molecule has 6 heteroatoms. The SMILES string of the molecule is O=C(c1cc(Cl)sc1Cl)N1CCCC1CCCCl. The molecule has 1 unspecified atom stereocenters. The molecule has 1 aromatic rings. The number of hydrogen-bond acceptors (Lipinski definition) is 2. The average molecular weight is 327 g/mol. The van der Waals surface area contributed by atoms with Gasteiger partial charge >= 0.3 is 0 Å². The summed E-state index contributed by atoms with van der Waals surface area (Å²) in [5.74, 6) is 0.643. The second-order valence-corrected chi connectivity index (χ2v) is 7.03. The Morgan fingerprint density at radius 1 is 1.50 bits per heavy atom. The first-order chi connectivity index (χ1) is 8.63. The van der Waals surface area contributed by atoms with Crippen LogP contribution in [0.15, 0.2) is 6.07 Å². The number of thiophene rings is 1. The molecule has 2 heterocycles. The molecule has 1 atom stereocenters. The fourth-order valence-electron chi connectivity index (χ4n) is 2.36. The van der Waals surface area contributed by atoms with Crippen molar-refractivity contribution in [3.63, 3.8) is 0 Å². The van der Waals surface area contributed by atoms with Crippen molar-refractivity contribution in [2.75, 3.05) is 12.4 Å². The number of amides is 1. The summed E-state index contributed by atoms with van der Waals surface area (Å²) in [4.78, 5) is 14.3. The number of hydrogen-bond donors (Lipinski definition) is 0. The average Bonchev–Trinajstić information content (AvgIpc) is 2.92. The Hall–Kier alpha value is 0.0400. The summed E-state index contributed by atoms with van der Waals surface area (Å²) in [5, 5.41) is 0. The molecule has 100 valence electrons. The van der Waals surface area contributed by atoms with Crippen molar-refractivity contribution in [3.8, 4) is 0 Å². The summed E-state index contributed by atoms with van der Waals surface area (Å²) in [6.07, 6.45) is 4.01. The maximum Gasteiger partial charge on any atom is 0.256 e. The topological polar surface area (TPSA) is 20.3 Å². The highest BCUT2D eigenvalue weighted by atomic mass is 35.5. The lowest BCUT2D eigenvalue weighted by Gasteiger charge is -2.24. The minimum atomic E-state index is 0.000206. The molecule has 1 fully saturated rings. The highest BCUT2D eigenvalue weighted by Crippen LogP contribution is 2.33. The fraction of sp³-hybridized carbons (Fsp3) is 0.583. The van der Waals surface area contributed by atoms with E-state index in [1.165, 1.54) is 11.3 Å². The molecule has 1 aromatic heterocycles. The second-order valence-electron chi connectivity index (χ2n) is 4.36. The molecule has 2 rings (SSSR count). The van der Waals surface area contributed by atoms with Gasteiger partial charge in [0.05, 0.1) is 9.90 Å². The van der Waals surface area contributed by atoms with E-state index < -0.39 is 0 Å². The molecule has 1 amide bonds. The van der Waals surface area contributed by atoms with E-state index in [4.69, 9.17) is 34.8 Å². The van der Waals surface area contributed by atoms with Gasteiger partial charge in [-0.25, -0.2) is 0 Å². The van der Waals surface area contributed by atoms with E-state index in [-0.39, 0.29) is 5.91 Å². The third kappa shape index (κ3) is 3.13. The van der Waals surface area contributed by atoms with Crippen LogP contribution in [-0.2, 0) is 0 Å². The van der Waals surface area contributed by atoms with Crippen molar-refractivity contribution < 1.29 is 4.79 Å². The molecule has 18 heavy (non-hydrogen) atoms. The van der Waals surface area contributed by atoms with E-state index in [1.54, 1.807) is 6.07 Å². The molecule has 0 N–H and O–H groups in total. The van der Waals surface area contributed by atoms with Crippen LogP contribution in [0.3, 0.4) is 0 Å². The second kappa shape index (κ2) is 6.47. The van der Waals surface area contributed by atoms with Crippen LogP contribution in [0.1, 0.15) is 36.0 Å². The summed E-state index contributed by atoms with van der Waals surface area (Å²) >= 11 is 18.9. The monoisotopic (exact) mass is 325 g/mol. The molecule has 0 saturated carbocycles. The molecule has 1 aliphatic rings. The van der Waals surface area contributed by atoms with Gasteiger partial charge in [-0.05, 0) is 31.7 Å². The van der Waals surface area contributed by atoms with Crippen molar-refractivity contribution in [1.29, 1.82) is 0 Å². The van der Waals surface area contributed by atoms with Gasteiger partial charge in [-0.15, -0.1) is 22.9 Å². The van der Waals surface area contributed by atoms with E-state index in [0.29, 0.717) is 26.2 Å². The van der Waals surface area contributed by atoms with E-state index in [9.17, 15) is 4.79 Å². The number of nitrogens with zero attached hydrogens (tertiary/aromatic N) is 1. The summed E-state index contributed by atoms with van der Waals surface area (Å²) in [6, 6.07) is 1.96. The largest absolute Gasteiger partial charge is 0.336 e. The van der Waals surface area contributed by atoms with Crippen LogP contribution in [0.25, 0.3) is 0 Å². The molecular weight excluding hydrogens is 313 g/mol. The summed E-state index contributed by atoms with van der Waals surface area (Å²) in [5.41, 5.74) is 0.532.